The Kier molecular flexibility index (Phi) is 5.11. The van der Waals surface area contributed by atoms with Crippen LogP contribution in [0, 0.1) is 5.41 Å². The van der Waals surface area contributed by atoms with Gasteiger partial charge in [-0.05, 0) is 20.8 Å². The number of nitrogens with one attached hydrogen (secondary N) is 1. The largest absolute Gasteiger partial charge is 0.356 e. The molecule has 0 aromatic heterocycles. The van der Waals surface area contributed by atoms with Crippen molar-refractivity contribution in [2.45, 2.75) is 47.1 Å². The predicted octanol–water partition coefficient (Wildman–Crippen LogP) is 1.51. The van der Waals surface area contributed by atoms with E-state index in [0.29, 0.717) is 6.54 Å². The van der Waals surface area contributed by atoms with E-state index in [-0.39, 0.29) is 22.5 Å². The van der Waals surface area contributed by atoms with Crippen molar-refractivity contribution in [1.82, 2.24) is 10.2 Å². The van der Waals surface area contributed by atoms with Gasteiger partial charge in [0, 0.05) is 29.8 Å². The van der Waals surface area contributed by atoms with Gasteiger partial charge in [0.25, 0.3) is 0 Å². The molecule has 6 heteroatoms. The van der Waals surface area contributed by atoms with Crippen molar-refractivity contribution < 1.29 is 8.42 Å². The molecule has 0 unspecified atom stereocenters. The molecule has 0 radical (unpaired) electrons. The molecular formula is C14H29N3O2S. The van der Waals surface area contributed by atoms with E-state index in [0.717, 1.165) is 19.0 Å². The molecule has 1 aliphatic heterocycles. The SMILES string of the molecule is CCNC(=NCCS(=O)(=O)CC)N1CC(C)(C)C1(C)C. The van der Waals surface area contributed by atoms with E-state index in [1.807, 2.05) is 6.92 Å². The normalized spacial score (nSPS) is 21.5. The van der Waals surface area contributed by atoms with Crippen LogP contribution in [0.15, 0.2) is 4.99 Å². The Labute approximate surface area is 123 Å². The van der Waals surface area contributed by atoms with E-state index in [1.165, 1.54) is 0 Å². The summed E-state index contributed by atoms with van der Waals surface area (Å²) in [6.45, 7) is 14.6. The molecule has 118 valence electrons. The first-order valence-corrected chi connectivity index (χ1v) is 9.16. The van der Waals surface area contributed by atoms with Crippen molar-refractivity contribution in [1.29, 1.82) is 0 Å². The Morgan fingerprint density at radius 3 is 2.25 bits per heavy atom. The maximum Gasteiger partial charge on any atom is 0.194 e. The minimum atomic E-state index is -2.95. The molecule has 1 fully saturated rings. The average Bonchev–Trinajstić information content (AvgIpc) is 2.35. The summed E-state index contributed by atoms with van der Waals surface area (Å²) in [7, 11) is -2.95. The van der Waals surface area contributed by atoms with Crippen LogP contribution in [0.1, 0.15) is 41.5 Å². The zero-order valence-corrected chi connectivity index (χ0v) is 14.5. The highest BCUT2D eigenvalue weighted by Gasteiger charge is 2.53. The Hall–Kier alpha value is -0.780. The first-order chi connectivity index (χ1) is 9.07. The van der Waals surface area contributed by atoms with Gasteiger partial charge in [0.15, 0.2) is 15.8 Å². The first kappa shape index (κ1) is 17.3. The Morgan fingerprint density at radius 2 is 1.85 bits per heavy atom. The molecule has 1 aliphatic rings. The summed E-state index contributed by atoms with van der Waals surface area (Å²) in [5.74, 6) is 1.13. The van der Waals surface area contributed by atoms with Gasteiger partial charge < -0.3 is 10.2 Å². The zero-order valence-electron chi connectivity index (χ0n) is 13.7. The highest BCUT2D eigenvalue weighted by Crippen LogP contribution is 2.46. The first-order valence-electron chi connectivity index (χ1n) is 7.34. The van der Waals surface area contributed by atoms with E-state index < -0.39 is 9.84 Å². The third kappa shape index (κ3) is 3.45. The average molecular weight is 303 g/mol. The van der Waals surface area contributed by atoms with Gasteiger partial charge in [0.2, 0.25) is 0 Å². The smallest absolute Gasteiger partial charge is 0.194 e. The van der Waals surface area contributed by atoms with E-state index in [4.69, 9.17) is 0 Å². The van der Waals surface area contributed by atoms with Crippen LogP contribution in [0.5, 0.6) is 0 Å². The molecule has 1 saturated heterocycles. The number of nitrogens with zero attached hydrogens (tertiary/aromatic N) is 2. The second-order valence-corrected chi connectivity index (χ2v) is 8.97. The molecule has 20 heavy (non-hydrogen) atoms. The monoisotopic (exact) mass is 303 g/mol. The quantitative estimate of drug-likeness (QED) is 0.618. The van der Waals surface area contributed by atoms with Gasteiger partial charge in [0.05, 0.1) is 12.3 Å². The molecule has 0 saturated carbocycles. The number of hydrogen-bond acceptors (Lipinski definition) is 3. The Balaban J connectivity index is 2.76. The molecule has 1 heterocycles. The fourth-order valence-electron chi connectivity index (χ4n) is 2.23. The summed E-state index contributed by atoms with van der Waals surface area (Å²) in [6.07, 6.45) is 0. The lowest BCUT2D eigenvalue weighted by Gasteiger charge is -2.62. The minimum Gasteiger partial charge on any atom is -0.356 e. The third-order valence-electron chi connectivity index (χ3n) is 4.58. The molecule has 0 aliphatic carbocycles. The molecular weight excluding hydrogens is 274 g/mol. The molecule has 0 bridgehead atoms. The van der Waals surface area contributed by atoms with Gasteiger partial charge in [-0.3, -0.25) is 4.99 Å². The molecule has 5 nitrogen and oxygen atoms in total. The summed E-state index contributed by atoms with van der Waals surface area (Å²) in [4.78, 5) is 6.71. The molecule has 0 spiro atoms. The molecule has 1 rings (SSSR count). The maximum atomic E-state index is 11.5. The molecule has 1 N–H and O–H groups in total. The second kappa shape index (κ2) is 5.92. The number of likely N-dealkylation sites (tertiary alicyclic amines) is 1. The van der Waals surface area contributed by atoms with Gasteiger partial charge in [0.1, 0.15) is 0 Å². The third-order valence-corrected chi connectivity index (χ3v) is 6.26. The van der Waals surface area contributed by atoms with Crippen molar-refractivity contribution in [3.8, 4) is 0 Å². The Morgan fingerprint density at radius 1 is 1.25 bits per heavy atom. The number of hydrogen-bond donors (Lipinski definition) is 1. The van der Waals surface area contributed by atoms with Gasteiger partial charge in [-0.1, -0.05) is 20.8 Å². The fourth-order valence-corrected chi connectivity index (χ4v) is 2.89. The second-order valence-electron chi connectivity index (χ2n) is 6.50. The van der Waals surface area contributed by atoms with Crippen LogP contribution >= 0.6 is 0 Å². The van der Waals surface area contributed by atoms with Crippen LogP contribution in [0.25, 0.3) is 0 Å². The number of guanidine groups is 1. The predicted molar refractivity (Wildman–Crippen MR) is 84.9 cm³/mol. The lowest BCUT2D eigenvalue weighted by Crippen LogP contribution is -2.72. The Bertz CT molecular complexity index is 467. The summed E-state index contributed by atoms with van der Waals surface area (Å²) in [5.41, 5.74) is 0.260. The van der Waals surface area contributed by atoms with Gasteiger partial charge in [-0.2, -0.15) is 0 Å². The van der Waals surface area contributed by atoms with Crippen molar-refractivity contribution >= 4 is 15.8 Å². The van der Waals surface area contributed by atoms with Crippen LogP contribution in [0.3, 0.4) is 0 Å². The number of aliphatic imine (C=N–C) groups is 1. The summed E-state index contributed by atoms with van der Waals surface area (Å²) >= 11 is 0. The summed E-state index contributed by atoms with van der Waals surface area (Å²) in [6, 6.07) is 0. The maximum absolute atomic E-state index is 11.5. The highest BCUT2D eigenvalue weighted by atomic mass is 32.2. The van der Waals surface area contributed by atoms with Crippen LogP contribution in [-0.4, -0.2) is 56.0 Å². The zero-order chi connectivity index (χ0) is 15.6. The molecule has 0 aromatic carbocycles. The molecule has 0 aromatic rings. The van der Waals surface area contributed by atoms with Crippen LogP contribution in [0.2, 0.25) is 0 Å². The standard InChI is InChI=1S/C14H29N3O2S/c1-7-15-12(16-9-10-20(18,19)8-2)17-11-13(3,4)14(17,5)6/h7-11H2,1-6H3,(H,15,16). The lowest BCUT2D eigenvalue weighted by molar-refractivity contribution is -0.0667. The van der Waals surface area contributed by atoms with E-state index >= 15 is 0 Å². The van der Waals surface area contributed by atoms with Crippen LogP contribution in [-0.2, 0) is 9.84 Å². The lowest BCUT2D eigenvalue weighted by atomic mass is 9.65. The topological polar surface area (TPSA) is 61.8 Å². The molecule has 0 atom stereocenters. The van der Waals surface area contributed by atoms with Crippen LogP contribution in [0.4, 0.5) is 0 Å². The summed E-state index contributed by atoms with van der Waals surface area (Å²) in [5, 5.41) is 3.26. The van der Waals surface area contributed by atoms with Crippen molar-refractivity contribution in [3.05, 3.63) is 0 Å². The van der Waals surface area contributed by atoms with Crippen molar-refractivity contribution in [2.24, 2.45) is 10.4 Å². The fraction of sp³-hybridized carbons (Fsp3) is 0.929. The summed E-state index contributed by atoms with van der Waals surface area (Å²) < 4.78 is 23.0. The van der Waals surface area contributed by atoms with Gasteiger partial charge >= 0.3 is 0 Å². The highest BCUT2D eigenvalue weighted by molar-refractivity contribution is 7.91. The number of rotatable bonds is 5. The minimum absolute atomic E-state index is 0.0254. The van der Waals surface area contributed by atoms with E-state index in [2.05, 4.69) is 42.9 Å². The molecule has 0 amide bonds. The number of sulfone groups is 1. The van der Waals surface area contributed by atoms with Gasteiger partial charge in [-0.25, -0.2) is 8.42 Å². The van der Waals surface area contributed by atoms with Gasteiger partial charge in [-0.15, -0.1) is 0 Å². The van der Waals surface area contributed by atoms with E-state index in [9.17, 15) is 8.42 Å². The van der Waals surface area contributed by atoms with Crippen LogP contribution < -0.4 is 5.32 Å². The van der Waals surface area contributed by atoms with E-state index in [1.54, 1.807) is 6.92 Å². The van der Waals surface area contributed by atoms with Crippen molar-refractivity contribution in [3.63, 3.8) is 0 Å². The van der Waals surface area contributed by atoms with Crippen molar-refractivity contribution in [2.75, 3.05) is 31.1 Å².